The third-order valence-corrected chi connectivity index (χ3v) is 2.62. The molecule has 0 aliphatic carbocycles. The Morgan fingerprint density at radius 3 is 2.83 bits per heavy atom. The van der Waals surface area contributed by atoms with E-state index in [4.69, 9.17) is 4.74 Å². The Morgan fingerprint density at radius 1 is 1.58 bits per heavy atom. The molecule has 0 saturated carbocycles. The van der Waals surface area contributed by atoms with Gasteiger partial charge in [0.05, 0.1) is 6.10 Å². The van der Waals surface area contributed by atoms with Crippen LogP contribution >= 0.6 is 0 Å². The lowest BCUT2D eigenvalue weighted by Gasteiger charge is -2.26. The van der Waals surface area contributed by atoms with Crippen LogP contribution in [0.5, 0.6) is 0 Å². The maximum absolute atomic E-state index is 5.50. The van der Waals surface area contributed by atoms with Crippen LogP contribution in [0.3, 0.4) is 0 Å². The standard InChI is InChI=1S/C9H20N2O/c1-8-9(4-7-12-8)11(3)6-5-10-2/h8-10H,4-7H2,1-3H3. The fourth-order valence-corrected chi connectivity index (χ4v) is 1.75. The second-order valence-corrected chi connectivity index (χ2v) is 3.52. The van der Waals surface area contributed by atoms with E-state index in [1.165, 1.54) is 6.42 Å². The van der Waals surface area contributed by atoms with E-state index in [9.17, 15) is 0 Å². The summed E-state index contributed by atoms with van der Waals surface area (Å²) in [5.41, 5.74) is 0. The van der Waals surface area contributed by atoms with Crippen LogP contribution in [0, 0.1) is 0 Å². The Morgan fingerprint density at radius 2 is 2.33 bits per heavy atom. The van der Waals surface area contributed by atoms with E-state index in [-0.39, 0.29) is 0 Å². The number of hydrogen-bond donors (Lipinski definition) is 1. The SMILES string of the molecule is CNCCN(C)C1CCOC1C. The van der Waals surface area contributed by atoms with Gasteiger partial charge in [0.15, 0.2) is 0 Å². The fourth-order valence-electron chi connectivity index (χ4n) is 1.75. The van der Waals surface area contributed by atoms with Crippen LogP contribution in [-0.2, 0) is 4.74 Å². The van der Waals surface area contributed by atoms with Gasteiger partial charge in [-0.1, -0.05) is 0 Å². The molecule has 1 aliphatic rings. The van der Waals surface area contributed by atoms with Crippen LogP contribution in [0.4, 0.5) is 0 Å². The molecule has 0 aromatic rings. The molecule has 1 saturated heterocycles. The van der Waals surface area contributed by atoms with Crippen molar-refractivity contribution in [3.63, 3.8) is 0 Å². The zero-order valence-electron chi connectivity index (χ0n) is 8.34. The van der Waals surface area contributed by atoms with Crippen LogP contribution in [0.2, 0.25) is 0 Å². The van der Waals surface area contributed by atoms with Gasteiger partial charge < -0.3 is 10.1 Å². The summed E-state index contributed by atoms with van der Waals surface area (Å²) in [5, 5.41) is 3.15. The number of nitrogens with zero attached hydrogens (tertiary/aromatic N) is 1. The predicted molar refractivity (Wildman–Crippen MR) is 50.4 cm³/mol. The second-order valence-electron chi connectivity index (χ2n) is 3.52. The van der Waals surface area contributed by atoms with Crippen molar-refractivity contribution in [2.24, 2.45) is 0 Å². The minimum absolute atomic E-state index is 0.409. The summed E-state index contributed by atoms with van der Waals surface area (Å²) in [7, 11) is 4.16. The van der Waals surface area contributed by atoms with Crippen LogP contribution in [0.1, 0.15) is 13.3 Å². The van der Waals surface area contributed by atoms with Gasteiger partial charge >= 0.3 is 0 Å². The predicted octanol–water partition coefficient (Wildman–Crippen LogP) is 0.315. The Balaban J connectivity index is 2.25. The summed E-state index contributed by atoms with van der Waals surface area (Å²) < 4.78 is 5.50. The highest BCUT2D eigenvalue weighted by Crippen LogP contribution is 2.17. The molecule has 2 unspecified atom stereocenters. The summed E-state index contributed by atoms with van der Waals surface area (Å²) in [5.74, 6) is 0. The molecule has 1 aliphatic heterocycles. The highest BCUT2D eigenvalue weighted by Gasteiger charge is 2.27. The lowest BCUT2D eigenvalue weighted by Crippen LogP contribution is -2.40. The zero-order chi connectivity index (χ0) is 8.97. The van der Waals surface area contributed by atoms with Crippen LogP contribution in [0.25, 0.3) is 0 Å². The summed E-state index contributed by atoms with van der Waals surface area (Å²) in [6.07, 6.45) is 1.59. The van der Waals surface area contributed by atoms with Crippen molar-refractivity contribution in [3.05, 3.63) is 0 Å². The first kappa shape index (κ1) is 9.96. The molecule has 0 radical (unpaired) electrons. The maximum Gasteiger partial charge on any atom is 0.0702 e. The Labute approximate surface area is 75.1 Å². The first-order chi connectivity index (χ1) is 5.75. The quantitative estimate of drug-likeness (QED) is 0.661. The van der Waals surface area contributed by atoms with E-state index in [1.807, 2.05) is 7.05 Å². The summed E-state index contributed by atoms with van der Waals surface area (Å²) in [6, 6.07) is 0.623. The first-order valence-corrected chi connectivity index (χ1v) is 4.72. The maximum atomic E-state index is 5.50. The van der Waals surface area contributed by atoms with Crippen LogP contribution < -0.4 is 5.32 Å². The normalized spacial score (nSPS) is 30.0. The number of hydrogen-bond acceptors (Lipinski definition) is 3. The lowest BCUT2D eigenvalue weighted by molar-refractivity contribution is 0.0842. The Bertz CT molecular complexity index is 130. The molecule has 0 bridgehead atoms. The monoisotopic (exact) mass is 172 g/mol. The van der Waals surface area contributed by atoms with E-state index < -0.39 is 0 Å². The van der Waals surface area contributed by atoms with Gasteiger partial charge in [-0.05, 0) is 27.4 Å². The largest absolute Gasteiger partial charge is 0.377 e. The molecule has 3 nitrogen and oxygen atoms in total. The first-order valence-electron chi connectivity index (χ1n) is 4.72. The number of rotatable bonds is 4. The van der Waals surface area contributed by atoms with Gasteiger partial charge in [0.1, 0.15) is 0 Å². The van der Waals surface area contributed by atoms with Gasteiger partial charge in [-0.15, -0.1) is 0 Å². The average molecular weight is 172 g/mol. The van der Waals surface area contributed by atoms with Crippen LogP contribution in [0.15, 0.2) is 0 Å². The van der Waals surface area contributed by atoms with E-state index in [2.05, 4.69) is 24.2 Å². The summed E-state index contributed by atoms with van der Waals surface area (Å²) in [4.78, 5) is 2.38. The van der Waals surface area contributed by atoms with Crippen molar-refractivity contribution in [2.45, 2.75) is 25.5 Å². The molecular weight excluding hydrogens is 152 g/mol. The molecule has 1 rings (SSSR count). The molecule has 0 amide bonds. The topological polar surface area (TPSA) is 24.5 Å². The molecule has 72 valence electrons. The van der Waals surface area contributed by atoms with Crippen molar-refractivity contribution in [1.82, 2.24) is 10.2 Å². The number of likely N-dealkylation sites (N-methyl/N-ethyl adjacent to an activating group) is 2. The van der Waals surface area contributed by atoms with E-state index in [0.717, 1.165) is 19.7 Å². The van der Waals surface area contributed by atoms with Crippen molar-refractivity contribution >= 4 is 0 Å². The minimum Gasteiger partial charge on any atom is -0.377 e. The smallest absolute Gasteiger partial charge is 0.0702 e. The molecule has 0 spiro atoms. The summed E-state index contributed by atoms with van der Waals surface area (Å²) in [6.45, 7) is 5.25. The molecule has 2 atom stereocenters. The molecular formula is C9H20N2O. The fraction of sp³-hybridized carbons (Fsp3) is 1.00. The number of ether oxygens (including phenoxy) is 1. The van der Waals surface area contributed by atoms with Gasteiger partial charge in [-0.2, -0.15) is 0 Å². The van der Waals surface area contributed by atoms with Crippen molar-refractivity contribution in [1.29, 1.82) is 0 Å². The molecule has 3 heteroatoms. The van der Waals surface area contributed by atoms with Crippen molar-refractivity contribution in [3.8, 4) is 0 Å². The lowest BCUT2D eigenvalue weighted by atomic mass is 10.1. The highest BCUT2D eigenvalue weighted by atomic mass is 16.5. The van der Waals surface area contributed by atoms with Gasteiger partial charge in [-0.25, -0.2) is 0 Å². The van der Waals surface area contributed by atoms with E-state index in [1.54, 1.807) is 0 Å². The van der Waals surface area contributed by atoms with Gasteiger partial charge in [-0.3, -0.25) is 4.90 Å². The Kier molecular flexibility index (Phi) is 3.98. The third-order valence-electron chi connectivity index (χ3n) is 2.62. The van der Waals surface area contributed by atoms with Gasteiger partial charge in [0, 0.05) is 25.7 Å². The molecule has 1 N–H and O–H groups in total. The van der Waals surface area contributed by atoms with Crippen molar-refractivity contribution in [2.75, 3.05) is 33.8 Å². The van der Waals surface area contributed by atoms with E-state index in [0.29, 0.717) is 12.1 Å². The number of nitrogens with one attached hydrogen (secondary N) is 1. The molecule has 1 heterocycles. The van der Waals surface area contributed by atoms with Gasteiger partial charge in [0.25, 0.3) is 0 Å². The molecule has 1 fully saturated rings. The van der Waals surface area contributed by atoms with Gasteiger partial charge in [0.2, 0.25) is 0 Å². The van der Waals surface area contributed by atoms with Crippen LogP contribution in [-0.4, -0.2) is 50.8 Å². The third kappa shape index (κ3) is 2.44. The van der Waals surface area contributed by atoms with Crippen molar-refractivity contribution < 1.29 is 4.74 Å². The average Bonchev–Trinajstić information content (AvgIpc) is 2.47. The molecule has 0 aromatic heterocycles. The molecule has 0 aromatic carbocycles. The van der Waals surface area contributed by atoms with E-state index >= 15 is 0 Å². The highest BCUT2D eigenvalue weighted by molar-refractivity contribution is 4.80. The Hall–Kier alpha value is -0.120. The summed E-state index contributed by atoms with van der Waals surface area (Å²) >= 11 is 0. The molecule has 12 heavy (non-hydrogen) atoms. The zero-order valence-corrected chi connectivity index (χ0v) is 8.34. The minimum atomic E-state index is 0.409. The second kappa shape index (κ2) is 4.80.